The number of likely N-dealkylation sites (tertiary alicyclic amines) is 1. The highest BCUT2D eigenvalue weighted by Gasteiger charge is 2.41. The number of unbranched alkanes of at least 4 members (excludes halogenated alkanes) is 1. The van der Waals surface area contributed by atoms with E-state index in [2.05, 4.69) is 37.2 Å². The van der Waals surface area contributed by atoms with Crippen molar-refractivity contribution in [2.24, 2.45) is 59.0 Å². The first kappa shape index (κ1) is 112. The van der Waals surface area contributed by atoms with Gasteiger partial charge in [-0.15, -0.1) is 0 Å². The van der Waals surface area contributed by atoms with Crippen LogP contribution < -0.4 is 43.0 Å². The number of benzene rings is 3. The first-order valence-corrected chi connectivity index (χ1v) is 45.1. The smallest absolute Gasteiger partial charge is 0.304 e. The molecule has 16 atom stereocenters. The van der Waals surface area contributed by atoms with Gasteiger partial charge in [0, 0.05) is 108 Å². The zero-order chi connectivity index (χ0) is 97.7. The molecule has 0 aliphatic carbocycles. The Morgan fingerprint density at radius 3 is 1.44 bits per heavy atom. The Kier molecular flexibility index (Phi) is 49.9. The van der Waals surface area contributed by atoms with Crippen LogP contribution in [0.25, 0.3) is 0 Å². The van der Waals surface area contributed by atoms with E-state index in [1.807, 2.05) is 0 Å². The molecule has 0 saturated carbocycles. The number of Topliss-reactive ketones (excluding diaryl/α,β-unsaturated/α-hetero) is 8. The molecule has 37 nitrogen and oxygen atoms in total. The van der Waals surface area contributed by atoms with Crippen LogP contribution in [0, 0.1) is 53.3 Å². The molecule has 1 heterocycles. The van der Waals surface area contributed by atoms with Gasteiger partial charge in [0.25, 0.3) is 0 Å². The van der Waals surface area contributed by atoms with Crippen molar-refractivity contribution in [1.29, 1.82) is 0 Å². The molecular weight excluding hydrogens is 1700 g/mol. The normalized spacial score (nSPS) is 15.9. The second-order valence-corrected chi connectivity index (χ2v) is 34.9. The van der Waals surface area contributed by atoms with Gasteiger partial charge in [0.15, 0.2) is 34.7 Å². The molecule has 4 rings (SSSR count). The maximum atomic E-state index is 14.9. The van der Waals surface area contributed by atoms with Gasteiger partial charge >= 0.3 is 17.9 Å². The standard InChI is InChI=1S/C94H135N9O28/c1-8-55(4)87(82(117)45-63(39-60-24-29-68(109)30-25-60)90(127)98-74(38-54(2)3)78(113)43-64(47-85(121)122)89(126)97-56(5)18-14-15-35-95)102-92(129)66(52-104)46-79(114)75(41-61-26-31-69(110)32-27-61)99-91(128)65(48-86(123)124)44-80(115)77(53-105)101-94(131)73(58(7)107)50-81(116)76(40-59-19-11-9-12-20-59)100-93(130)72(57(6)106)49-71(112)51-96-88(125)62(28-33-84(119)120)42-70(111)22-17-21-67(108)34-37-103-36-16-10-13-23-83(103)118/h9,11-12,19-20,24-27,29-32,54-58,62-66,72-77,87,104-107,109-110H,8,10,13-18,21-23,28,33-53,95H2,1-7H3,(H,96,125)(H,97,126)(H,98,127)(H,99,128)(H,100,130)(H,101,131)(H,102,129)(H,119,120)(H,121,122)(H,123,124)/t55-,56+,57+,58+,62+,63+,64-,65-,66-,72-,73-,74-,75-,76-,77-,87-/m0/s1. The quantitative estimate of drug-likeness (QED) is 0.0359. The molecular formula is C94H135N9O28. The third-order valence-corrected chi connectivity index (χ3v) is 23.4. The number of carbonyl (C=O) groups excluding carboxylic acids is 16. The van der Waals surface area contributed by atoms with E-state index >= 15 is 0 Å². The summed E-state index contributed by atoms with van der Waals surface area (Å²) >= 11 is 0. The number of carboxylic acids is 3. The number of nitrogens with two attached hydrogens (primary N) is 1. The number of carboxylic acid groups (broad SMARTS) is 3. The minimum atomic E-state index is -1.99. The van der Waals surface area contributed by atoms with E-state index in [9.17, 15) is 137 Å². The molecule has 18 N–H and O–H groups in total. The minimum absolute atomic E-state index is 0.0208. The number of hydrogen-bond acceptors (Lipinski definition) is 26. The van der Waals surface area contributed by atoms with Gasteiger partial charge in [-0.2, -0.15) is 0 Å². The molecule has 0 bridgehead atoms. The maximum Gasteiger partial charge on any atom is 0.304 e. The Bertz CT molecular complexity index is 4330. The Balaban J connectivity index is 1.53. The van der Waals surface area contributed by atoms with Crippen LogP contribution in [0.2, 0.25) is 0 Å². The van der Waals surface area contributed by atoms with Crippen molar-refractivity contribution in [3.05, 3.63) is 95.6 Å². The number of carbonyl (C=O) groups is 19. The van der Waals surface area contributed by atoms with Gasteiger partial charge in [-0.1, -0.05) is 102 Å². The summed E-state index contributed by atoms with van der Waals surface area (Å²) in [6, 6.07) is 10.5. The van der Waals surface area contributed by atoms with Gasteiger partial charge in [0.1, 0.15) is 29.1 Å². The number of amides is 8. The molecule has 8 amide bonds. The highest BCUT2D eigenvalue weighted by atomic mass is 16.4. The second kappa shape index (κ2) is 58.4. The van der Waals surface area contributed by atoms with E-state index in [1.165, 1.54) is 55.5 Å². The summed E-state index contributed by atoms with van der Waals surface area (Å²) in [6.45, 7) is 9.01. The fourth-order valence-electron chi connectivity index (χ4n) is 15.4. The first-order valence-electron chi connectivity index (χ1n) is 45.1. The Morgan fingerprint density at radius 2 is 0.901 bits per heavy atom. The molecule has 0 radical (unpaired) electrons. The van der Waals surface area contributed by atoms with E-state index < -0.39 is 280 Å². The van der Waals surface area contributed by atoms with Crippen molar-refractivity contribution in [2.45, 2.75) is 270 Å². The lowest BCUT2D eigenvalue weighted by atomic mass is 9.85. The SMILES string of the molecule is CC[C@H](C)[C@H](NC(=O)[C@H](CO)CC(=O)[C@H](Cc1ccc(O)cc1)NC(=O)[C@H](CC(=O)O)CC(=O)[C@H](CO)NC(=O)[C@@H](CC(=O)[C@H](Cc1ccccc1)NC(=O)[C@@H](CC(=O)CNC(=O)[C@H](CCC(=O)O)CC(=O)CCCC(=O)CCN1CCCCCC1=O)[C@@H](C)O)[C@@H](C)O)C(=O)C[C@@H](Cc1ccc(O)cc1)C(=O)N[C@@H](CC(C)C)C(=O)C[C@@H](CC(=O)O)C(=O)N[C@H](C)CCCCN. The predicted molar refractivity (Wildman–Crippen MR) is 475 cm³/mol. The topological polar surface area (TPSA) is 620 Å². The molecule has 724 valence electrons. The van der Waals surface area contributed by atoms with Gasteiger partial charge in [0.05, 0.1) is 98.6 Å². The molecule has 131 heavy (non-hydrogen) atoms. The van der Waals surface area contributed by atoms with Crippen molar-refractivity contribution in [3.63, 3.8) is 0 Å². The van der Waals surface area contributed by atoms with Gasteiger partial charge in [0.2, 0.25) is 47.3 Å². The Morgan fingerprint density at radius 1 is 0.420 bits per heavy atom. The van der Waals surface area contributed by atoms with E-state index in [1.54, 1.807) is 69.9 Å². The summed E-state index contributed by atoms with van der Waals surface area (Å²) in [5, 5.41) is 111. The second-order valence-electron chi connectivity index (χ2n) is 34.9. The number of aliphatic hydroxyl groups excluding tert-OH is 4. The lowest BCUT2D eigenvalue weighted by molar-refractivity contribution is -0.143. The highest BCUT2D eigenvalue weighted by molar-refractivity contribution is 6.01. The molecule has 37 heteroatoms. The number of rotatable bonds is 66. The molecule has 1 fully saturated rings. The van der Waals surface area contributed by atoms with Crippen molar-refractivity contribution >= 4 is 111 Å². The van der Waals surface area contributed by atoms with Crippen molar-refractivity contribution in [1.82, 2.24) is 42.1 Å². The molecule has 1 saturated heterocycles. The molecule has 3 aromatic carbocycles. The van der Waals surface area contributed by atoms with Crippen LogP contribution in [0.4, 0.5) is 0 Å². The van der Waals surface area contributed by atoms with Crippen LogP contribution in [0.1, 0.15) is 219 Å². The van der Waals surface area contributed by atoms with Crippen LogP contribution in [0.5, 0.6) is 11.5 Å². The van der Waals surface area contributed by atoms with Crippen molar-refractivity contribution in [2.75, 3.05) is 39.4 Å². The van der Waals surface area contributed by atoms with Gasteiger partial charge in [-0.05, 0) is 144 Å². The largest absolute Gasteiger partial charge is 0.508 e. The van der Waals surface area contributed by atoms with E-state index in [4.69, 9.17) is 5.73 Å². The molecule has 3 aromatic rings. The van der Waals surface area contributed by atoms with Crippen LogP contribution >= 0.6 is 0 Å². The number of hydrogen-bond donors (Lipinski definition) is 17. The van der Waals surface area contributed by atoms with E-state index in [0.29, 0.717) is 49.9 Å². The molecule has 0 unspecified atom stereocenters. The summed E-state index contributed by atoms with van der Waals surface area (Å²) in [5.74, 6) is -29.4. The summed E-state index contributed by atoms with van der Waals surface area (Å²) in [5.41, 5.74) is 6.78. The maximum absolute atomic E-state index is 14.9. The Labute approximate surface area is 762 Å². The number of nitrogens with zero attached hydrogens (tertiary/aromatic N) is 1. The number of aromatic hydroxyl groups is 2. The zero-order valence-corrected chi connectivity index (χ0v) is 76.0. The number of phenols is 2. The Hall–Kier alpha value is -11.4. The van der Waals surface area contributed by atoms with Crippen LogP contribution in [0.15, 0.2) is 78.9 Å². The average molecular weight is 1840 g/mol. The van der Waals surface area contributed by atoms with Gasteiger partial charge < -0.3 is 93.8 Å². The van der Waals surface area contributed by atoms with Crippen molar-refractivity contribution in [3.8, 4) is 11.5 Å². The van der Waals surface area contributed by atoms with E-state index in [0.717, 1.165) is 26.2 Å². The minimum Gasteiger partial charge on any atom is -0.508 e. The number of phenolic OH excluding ortho intramolecular Hbond substituents is 2. The molecule has 0 spiro atoms. The lowest BCUT2D eigenvalue weighted by Crippen LogP contribution is -2.52. The summed E-state index contributed by atoms with van der Waals surface area (Å²) in [6.07, 6.45) is -6.95. The summed E-state index contributed by atoms with van der Waals surface area (Å²) in [7, 11) is 0. The summed E-state index contributed by atoms with van der Waals surface area (Å²) in [4.78, 5) is 262. The van der Waals surface area contributed by atoms with Gasteiger partial charge in [-0.25, -0.2) is 0 Å². The number of aliphatic carboxylic acids is 3. The lowest BCUT2D eigenvalue weighted by Gasteiger charge is -2.28. The molecule has 1 aliphatic heterocycles. The third-order valence-electron chi connectivity index (χ3n) is 23.4. The molecule has 0 aromatic heterocycles. The highest BCUT2D eigenvalue weighted by Crippen LogP contribution is 2.27. The van der Waals surface area contributed by atoms with Gasteiger partial charge in [-0.3, -0.25) is 91.1 Å². The van der Waals surface area contributed by atoms with Crippen molar-refractivity contribution < 1.29 is 137 Å². The average Bonchev–Trinajstić information content (AvgIpc) is 1.34. The third kappa shape index (κ3) is 41.7. The predicted octanol–water partition coefficient (Wildman–Crippen LogP) is 3.51. The zero-order valence-electron chi connectivity index (χ0n) is 76.0. The monoisotopic (exact) mass is 1840 g/mol. The summed E-state index contributed by atoms with van der Waals surface area (Å²) < 4.78 is 0. The van der Waals surface area contributed by atoms with Crippen LogP contribution in [-0.4, -0.2) is 250 Å². The van der Waals surface area contributed by atoms with E-state index in [-0.39, 0.29) is 105 Å². The fourth-order valence-corrected chi connectivity index (χ4v) is 15.4. The number of ketones is 8. The van der Waals surface area contributed by atoms with Crippen LogP contribution in [-0.2, 0) is 110 Å². The number of aliphatic hydroxyl groups is 4. The number of nitrogens with one attached hydrogen (secondary N) is 7. The fraction of sp³-hybridized carbons (Fsp3) is 0.606. The van der Waals surface area contributed by atoms with Crippen LogP contribution in [0.3, 0.4) is 0 Å². The molecule has 1 aliphatic rings. The first-order chi connectivity index (χ1) is 61.9.